The van der Waals surface area contributed by atoms with Gasteiger partial charge in [-0.1, -0.05) is 6.92 Å². The number of halogens is 1. The van der Waals surface area contributed by atoms with Crippen molar-refractivity contribution in [3.63, 3.8) is 0 Å². The number of carbonyl (C=O) groups is 3. The van der Waals surface area contributed by atoms with Gasteiger partial charge in [-0.05, 0) is 84.6 Å². The summed E-state index contributed by atoms with van der Waals surface area (Å²) in [7, 11) is 0. The molecule has 2 fully saturated rings. The highest BCUT2D eigenvalue weighted by atomic mass is 79.9. The highest BCUT2D eigenvalue weighted by Crippen LogP contribution is 2.57. The Kier molecular flexibility index (Phi) is 6.65. The zero-order valence-corrected chi connectivity index (χ0v) is 26.4. The summed E-state index contributed by atoms with van der Waals surface area (Å²) in [6, 6.07) is 5.30. The second-order valence-electron chi connectivity index (χ2n) is 12.3. The van der Waals surface area contributed by atoms with E-state index < -0.39 is 6.04 Å². The minimum Gasteiger partial charge on any atom is -0.337 e. The minimum absolute atomic E-state index is 0.0109. The van der Waals surface area contributed by atoms with Crippen molar-refractivity contribution in [2.45, 2.75) is 65.6 Å². The zero-order chi connectivity index (χ0) is 30.9. The van der Waals surface area contributed by atoms with Crippen LogP contribution in [0.25, 0.3) is 27.7 Å². The predicted molar refractivity (Wildman–Crippen MR) is 168 cm³/mol. The Labute approximate surface area is 261 Å². The van der Waals surface area contributed by atoms with Crippen LogP contribution in [0.3, 0.4) is 0 Å². The molecule has 2 amide bonds. The Hall–Kier alpha value is -4.45. The number of carbonyl (C=O) groups excluding carboxylic acids is 3. The Morgan fingerprint density at radius 2 is 1.91 bits per heavy atom. The number of hydrogen-bond acceptors (Lipinski definition) is 7. The largest absolute Gasteiger partial charge is 0.337 e. The SMILES string of the molecule is CC(=O)c1cn(CC(=O)N2[C@H](C(=O)Nc3cncc(Br)n3)CC[C@@]3(C)C[C@@H]23)c2c(C)cc(-c3cnc4cc(C)nn4c3)cc12. The molecule has 0 bridgehead atoms. The summed E-state index contributed by atoms with van der Waals surface area (Å²) in [6.45, 7) is 7.63. The van der Waals surface area contributed by atoms with E-state index in [1.807, 2.05) is 42.8 Å². The van der Waals surface area contributed by atoms with Crippen molar-refractivity contribution in [2.24, 2.45) is 5.41 Å². The maximum atomic E-state index is 14.1. The van der Waals surface area contributed by atoms with Crippen LogP contribution in [0, 0.1) is 19.3 Å². The summed E-state index contributed by atoms with van der Waals surface area (Å²) in [5, 5.41) is 8.11. The van der Waals surface area contributed by atoms with E-state index in [4.69, 9.17) is 0 Å². The topological polar surface area (TPSA) is 127 Å². The Morgan fingerprint density at radius 1 is 1.09 bits per heavy atom. The lowest BCUT2D eigenvalue weighted by atomic mass is 9.92. The maximum Gasteiger partial charge on any atom is 0.248 e. The molecule has 1 N–H and O–H groups in total. The van der Waals surface area contributed by atoms with E-state index in [9.17, 15) is 14.4 Å². The highest BCUT2D eigenvalue weighted by molar-refractivity contribution is 9.10. The van der Waals surface area contributed by atoms with Crippen molar-refractivity contribution < 1.29 is 14.4 Å². The van der Waals surface area contributed by atoms with Gasteiger partial charge < -0.3 is 14.8 Å². The molecule has 44 heavy (non-hydrogen) atoms. The van der Waals surface area contributed by atoms with E-state index in [0.717, 1.165) is 51.8 Å². The van der Waals surface area contributed by atoms with E-state index in [2.05, 4.69) is 48.2 Å². The van der Waals surface area contributed by atoms with Crippen molar-refractivity contribution in [3.05, 3.63) is 70.6 Å². The van der Waals surface area contributed by atoms with E-state index in [0.29, 0.717) is 22.4 Å². The van der Waals surface area contributed by atoms with Crippen LogP contribution in [0.2, 0.25) is 0 Å². The van der Waals surface area contributed by atoms with Crippen molar-refractivity contribution in [1.29, 1.82) is 0 Å². The molecule has 7 rings (SSSR count). The maximum absolute atomic E-state index is 14.1. The molecular weight excluding hydrogens is 624 g/mol. The molecule has 0 radical (unpaired) electrons. The molecule has 4 aromatic heterocycles. The summed E-state index contributed by atoms with van der Waals surface area (Å²) in [5.41, 5.74) is 5.71. The van der Waals surface area contributed by atoms with E-state index in [1.54, 1.807) is 28.0 Å². The first-order valence-corrected chi connectivity index (χ1v) is 15.4. The molecule has 3 atom stereocenters. The number of amides is 2. The van der Waals surface area contributed by atoms with Gasteiger partial charge >= 0.3 is 0 Å². The number of hydrogen-bond donors (Lipinski definition) is 1. The number of likely N-dealkylation sites (tertiary alicyclic amines) is 1. The molecule has 2 aliphatic rings. The molecule has 1 saturated carbocycles. The minimum atomic E-state index is -0.626. The van der Waals surface area contributed by atoms with Gasteiger partial charge in [-0.2, -0.15) is 5.10 Å². The van der Waals surface area contributed by atoms with Gasteiger partial charge in [-0.15, -0.1) is 0 Å². The lowest BCUT2D eigenvalue weighted by molar-refractivity contribution is -0.142. The van der Waals surface area contributed by atoms with Gasteiger partial charge in [0.1, 0.15) is 17.2 Å². The number of ketones is 1. The van der Waals surface area contributed by atoms with E-state index in [-0.39, 0.29) is 35.6 Å². The average molecular weight is 656 g/mol. The quantitative estimate of drug-likeness (QED) is 0.251. The van der Waals surface area contributed by atoms with E-state index in [1.165, 1.54) is 13.1 Å². The molecule has 0 unspecified atom stereocenters. The van der Waals surface area contributed by atoms with Gasteiger partial charge in [0, 0.05) is 47.2 Å². The lowest BCUT2D eigenvalue weighted by Crippen LogP contribution is -2.53. The third kappa shape index (κ3) is 4.86. The number of aryl methyl sites for hydroxylation is 2. The first-order chi connectivity index (χ1) is 21.0. The summed E-state index contributed by atoms with van der Waals surface area (Å²) < 4.78 is 4.11. The number of anilines is 1. The number of rotatable bonds is 6. The van der Waals surface area contributed by atoms with Gasteiger partial charge in [0.2, 0.25) is 11.8 Å². The van der Waals surface area contributed by atoms with Crippen molar-refractivity contribution >= 4 is 55.9 Å². The molecule has 11 nitrogen and oxygen atoms in total. The zero-order valence-electron chi connectivity index (χ0n) is 24.8. The molecule has 1 aromatic carbocycles. The summed E-state index contributed by atoms with van der Waals surface area (Å²) in [6.07, 6.45) is 10.8. The van der Waals surface area contributed by atoms with Crippen LogP contribution in [0.5, 0.6) is 0 Å². The second kappa shape index (κ2) is 10.3. The first-order valence-electron chi connectivity index (χ1n) is 14.6. The number of fused-ring (bicyclic) bond motifs is 3. The molecule has 1 aliphatic carbocycles. The van der Waals surface area contributed by atoms with E-state index >= 15 is 0 Å². The summed E-state index contributed by atoms with van der Waals surface area (Å²) in [5.74, 6) is -0.195. The van der Waals surface area contributed by atoms with Crippen molar-refractivity contribution in [2.75, 3.05) is 5.32 Å². The first kappa shape index (κ1) is 28.3. The van der Waals surface area contributed by atoms with Gasteiger partial charge in [-0.3, -0.25) is 19.4 Å². The molecule has 1 aliphatic heterocycles. The Bertz CT molecular complexity index is 2020. The number of nitrogens with zero attached hydrogens (tertiary/aromatic N) is 7. The third-order valence-electron chi connectivity index (χ3n) is 9.03. The van der Waals surface area contributed by atoms with Crippen LogP contribution >= 0.6 is 15.9 Å². The van der Waals surface area contributed by atoms with Crippen LogP contribution in [0.15, 0.2) is 53.8 Å². The predicted octanol–water partition coefficient (Wildman–Crippen LogP) is 5.13. The van der Waals surface area contributed by atoms with Gasteiger partial charge in [0.05, 0.1) is 23.6 Å². The van der Waals surface area contributed by atoms with Crippen molar-refractivity contribution in [3.8, 4) is 11.1 Å². The number of benzene rings is 1. The number of piperidine rings is 1. The summed E-state index contributed by atoms with van der Waals surface area (Å²) in [4.78, 5) is 55.1. The lowest BCUT2D eigenvalue weighted by Gasteiger charge is -2.37. The van der Waals surface area contributed by atoms with Gasteiger partial charge in [0.15, 0.2) is 17.2 Å². The number of Topliss-reactive ketones (excluding diaryl/α,β-unsaturated/α-hetero) is 1. The second-order valence-corrected chi connectivity index (χ2v) is 13.1. The highest BCUT2D eigenvalue weighted by Gasteiger charge is 2.60. The third-order valence-corrected chi connectivity index (χ3v) is 9.41. The van der Waals surface area contributed by atoms with Crippen LogP contribution in [-0.4, -0.2) is 63.7 Å². The molecule has 5 heterocycles. The molecule has 12 heteroatoms. The molecule has 1 saturated heterocycles. The van der Waals surface area contributed by atoms with Crippen molar-refractivity contribution in [1.82, 2.24) is 34.0 Å². The van der Waals surface area contributed by atoms with Gasteiger partial charge in [0.25, 0.3) is 0 Å². The van der Waals surface area contributed by atoms with Crippen LogP contribution in [-0.2, 0) is 16.1 Å². The van der Waals surface area contributed by atoms with Crippen LogP contribution in [0.4, 0.5) is 5.82 Å². The molecule has 5 aromatic rings. The Morgan fingerprint density at radius 3 is 2.68 bits per heavy atom. The summed E-state index contributed by atoms with van der Waals surface area (Å²) >= 11 is 3.29. The average Bonchev–Trinajstić information content (AvgIpc) is 3.31. The standard InChI is InChI=1S/C32H31BrN8O3/c1-17-7-20(21-11-35-28-8-18(2)38-40(28)14-21)9-22-23(19(3)42)15-39(30(17)22)16-29(43)41-24(5-6-32(4)10-25(32)41)31(44)37-27-13-34-12-26(33)36-27/h7-9,11-15,24-25H,5-6,10,16H2,1-4H3,(H,36,37,44)/t24-,25+,32-/m0/s1. The van der Waals surface area contributed by atoms with Crippen LogP contribution < -0.4 is 5.32 Å². The molecular formula is C32H31BrN8O3. The molecule has 0 spiro atoms. The molecule has 224 valence electrons. The number of aromatic nitrogens is 6. The fraction of sp³-hybridized carbons (Fsp3) is 0.344. The number of nitrogens with one attached hydrogen (secondary N) is 1. The smallest absolute Gasteiger partial charge is 0.248 e. The monoisotopic (exact) mass is 654 g/mol. The Balaban J connectivity index is 1.22. The van der Waals surface area contributed by atoms with Crippen LogP contribution in [0.1, 0.15) is 54.7 Å². The fourth-order valence-corrected chi connectivity index (χ4v) is 7.03. The normalized spacial score (nSPS) is 21.0. The fourth-order valence-electron chi connectivity index (χ4n) is 6.72. The van der Waals surface area contributed by atoms with Gasteiger partial charge in [-0.25, -0.2) is 14.5 Å².